The summed E-state index contributed by atoms with van der Waals surface area (Å²) in [5, 5.41) is 8.93. The van der Waals surface area contributed by atoms with Crippen LogP contribution in [0.15, 0.2) is 41.3 Å². The average molecular weight is 243 g/mol. The molecule has 18 heavy (non-hydrogen) atoms. The fraction of sp³-hybridized carbons (Fsp3) is 0.143. The maximum atomic E-state index is 12.0. The van der Waals surface area contributed by atoms with Crippen LogP contribution in [0.5, 0.6) is 0 Å². The fourth-order valence-electron chi connectivity index (χ4n) is 1.95. The Labute approximate surface area is 104 Å². The molecule has 0 unspecified atom stereocenters. The van der Waals surface area contributed by atoms with E-state index in [0.717, 1.165) is 11.1 Å². The summed E-state index contributed by atoms with van der Waals surface area (Å²) in [6.45, 7) is 3.87. The van der Waals surface area contributed by atoms with Crippen molar-refractivity contribution >= 4 is 5.97 Å². The number of aromatic nitrogens is 1. The van der Waals surface area contributed by atoms with Crippen LogP contribution in [0.3, 0.4) is 0 Å². The van der Waals surface area contributed by atoms with Gasteiger partial charge in [0.25, 0.3) is 5.56 Å². The van der Waals surface area contributed by atoms with E-state index in [2.05, 4.69) is 0 Å². The molecule has 0 atom stereocenters. The minimum absolute atomic E-state index is 0.225. The van der Waals surface area contributed by atoms with Crippen molar-refractivity contribution in [2.75, 3.05) is 0 Å². The number of aromatic carboxylic acids is 1. The Morgan fingerprint density at radius 2 is 1.78 bits per heavy atom. The van der Waals surface area contributed by atoms with Gasteiger partial charge >= 0.3 is 5.97 Å². The highest BCUT2D eigenvalue weighted by Gasteiger charge is 2.11. The lowest BCUT2D eigenvalue weighted by Gasteiger charge is -2.08. The molecular formula is C14H13NO3. The fourth-order valence-corrected chi connectivity index (χ4v) is 1.95. The van der Waals surface area contributed by atoms with Crippen LogP contribution in [0.2, 0.25) is 0 Å². The number of aryl methyl sites for hydroxylation is 2. The first-order valence-electron chi connectivity index (χ1n) is 5.52. The molecule has 0 fully saturated rings. The molecule has 4 heteroatoms. The van der Waals surface area contributed by atoms with Gasteiger partial charge in [0, 0.05) is 11.9 Å². The summed E-state index contributed by atoms with van der Waals surface area (Å²) in [5.41, 5.74) is 1.99. The maximum absolute atomic E-state index is 12.0. The van der Waals surface area contributed by atoms with Crippen molar-refractivity contribution in [1.29, 1.82) is 0 Å². The molecule has 0 aliphatic rings. The van der Waals surface area contributed by atoms with Crippen molar-refractivity contribution in [3.63, 3.8) is 0 Å². The summed E-state index contributed by atoms with van der Waals surface area (Å²) in [5.74, 6) is -1.21. The second kappa shape index (κ2) is 4.49. The molecular weight excluding hydrogens is 230 g/mol. The lowest BCUT2D eigenvalue weighted by Crippen LogP contribution is -2.24. The number of carboxylic acids is 1. The van der Waals surface area contributed by atoms with Crippen LogP contribution in [0.4, 0.5) is 0 Å². The maximum Gasteiger partial charge on any atom is 0.341 e. The Bertz CT molecular complexity index is 651. The van der Waals surface area contributed by atoms with Crippen LogP contribution < -0.4 is 5.56 Å². The number of carboxylic acid groups (broad SMARTS) is 1. The lowest BCUT2D eigenvalue weighted by atomic mass is 10.1. The number of nitrogens with zero attached hydrogens (tertiary/aromatic N) is 1. The van der Waals surface area contributed by atoms with Gasteiger partial charge in [-0.3, -0.25) is 9.36 Å². The number of hydrogen-bond acceptors (Lipinski definition) is 2. The van der Waals surface area contributed by atoms with Gasteiger partial charge in [0.05, 0.1) is 0 Å². The first kappa shape index (κ1) is 12.1. The SMILES string of the molecule is Cc1cc(C)cc(-n2cccc(C(=O)O)c2=O)c1. The second-order valence-electron chi connectivity index (χ2n) is 4.25. The zero-order chi connectivity index (χ0) is 13.3. The van der Waals surface area contributed by atoms with Crippen molar-refractivity contribution in [2.45, 2.75) is 13.8 Å². The summed E-state index contributed by atoms with van der Waals surface area (Å²) in [7, 11) is 0. The van der Waals surface area contributed by atoms with Gasteiger partial charge in [0.2, 0.25) is 0 Å². The van der Waals surface area contributed by atoms with Gasteiger partial charge in [-0.05, 0) is 49.2 Å². The molecule has 0 aliphatic heterocycles. The number of pyridine rings is 1. The topological polar surface area (TPSA) is 59.3 Å². The minimum Gasteiger partial charge on any atom is -0.477 e. The van der Waals surface area contributed by atoms with Gasteiger partial charge in [-0.15, -0.1) is 0 Å². The van der Waals surface area contributed by atoms with E-state index in [1.165, 1.54) is 10.6 Å². The highest BCUT2D eigenvalue weighted by molar-refractivity contribution is 5.87. The molecule has 0 bridgehead atoms. The van der Waals surface area contributed by atoms with Crippen LogP contribution >= 0.6 is 0 Å². The van der Waals surface area contributed by atoms with Gasteiger partial charge < -0.3 is 5.11 Å². The van der Waals surface area contributed by atoms with Crippen LogP contribution in [0.1, 0.15) is 21.5 Å². The van der Waals surface area contributed by atoms with Gasteiger partial charge in [-0.2, -0.15) is 0 Å². The summed E-state index contributed by atoms with van der Waals surface area (Å²) in [6, 6.07) is 8.56. The molecule has 0 saturated carbocycles. The molecule has 0 saturated heterocycles. The van der Waals surface area contributed by atoms with E-state index in [0.29, 0.717) is 5.69 Å². The monoisotopic (exact) mass is 243 g/mol. The molecule has 0 radical (unpaired) electrons. The van der Waals surface area contributed by atoms with Crippen molar-refractivity contribution in [3.8, 4) is 5.69 Å². The van der Waals surface area contributed by atoms with Crippen LogP contribution in [-0.2, 0) is 0 Å². The molecule has 1 aromatic heterocycles. The largest absolute Gasteiger partial charge is 0.477 e. The van der Waals surface area contributed by atoms with Crippen LogP contribution in [0, 0.1) is 13.8 Å². The predicted molar refractivity (Wildman–Crippen MR) is 68.5 cm³/mol. The van der Waals surface area contributed by atoms with Crippen molar-refractivity contribution in [1.82, 2.24) is 4.57 Å². The molecule has 2 rings (SSSR count). The molecule has 1 N–H and O–H groups in total. The van der Waals surface area contributed by atoms with Crippen molar-refractivity contribution in [3.05, 3.63) is 63.6 Å². The Morgan fingerprint density at radius 1 is 1.17 bits per heavy atom. The lowest BCUT2D eigenvalue weighted by molar-refractivity contribution is 0.0694. The summed E-state index contributed by atoms with van der Waals surface area (Å²) < 4.78 is 1.35. The third kappa shape index (κ3) is 2.18. The van der Waals surface area contributed by atoms with Gasteiger partial charge in [-0.25, -0.2) is 4.79 Å². The minimum atomic E-state index is -1.21. The molecule has 92 valence electrons. The number of benzene rings is 1. The third-order valence-corrected chi connectivity index (χ3v) is 2.66. The van der Waals surface area contributed by atoms with Crippen molar-refractivity contribution < 1.29 is 9.90 Å². The Kier molecular flexibility index (Phi) is 3.02. The smallest absolute Gasteiger partial charge is 0.341 e. The molecule has 0 amide bonds. The zero-order valence-corrected chi connectivity index (χ0v) is 10.2. The normalized spacial score (nSPS) is 10.3. The summed E-state index contributed by atoms with van der Waals surface area (Å²) in [4.78, 5) is 22.9. The van der Waals surface area contributed by atoms with Crippen LogP contribution in [0.25, 0.3) is 5.69 Å². The first-order valence-corrected chi connectivity index (χ1v) is 5.52. The van der Waals surface area contributed by atoms with E-state index in [4.69, 9.17) is 5.11 Å². The Balaban J connectivity index is 2.68. The van der Waals surface area contributed by atoms with Crippen LogP contribution in [-0.4, -0.2) is 15.6 Å². The van der Waals surface area contributed by atoms with E-state index in [-0.39, 0.29) is 5.56 Å². The van der Waals surface area contributed by atoms with Gasteiger partial charge in [-0.1, -0.05) is 6.07 Å². The second-order valence-corrected chi connectivity index (χ2v) is 4.25. The first-order chi connectivity index (χ1) is 8.49. The molecule has 2 aromatic rings. The van der Waals surface area contributed by atoms with E-state index in [1.54, 1.807) is 12.3 Å². The van der Waals surface area contributed by atoms with E-state index < -0.39 is 11.5 Å². The Hall–Kier alpha value is -2.36. The molecule has 4 nitrogen and oxygen atoms in total. The van der Waals surface area contributed by atoms with E-state index in [1.807, 2.05) is 32.0 Å². The van der Waals surface area contributed by atoms with Crippen molar-refractivity contribution in [2.24, 2.45) is 0 Å². The molecule has 0 spiro atoms. The van der Waals surface area contributed by atoms with Gasteiger partial charge in [0.1, 0.15) is 5.56 Å². The number of hydrogen-bond donors (Lipinski definition) is 1. The number of rotatable bonds is 2. The zero-order valence-electron chi connectivity index (χ0n) is 10.2. The third-order valence-electron chi connectivity index (χ3n) is 2.66. The molecule has 0 aliphatic carbocycles. The number of carbonyl (C=O) groups is 1. The average Bonchev–Trinajstić information content (AvgIpc) is 2.27. The summed E-state index contributed by atoms with van der Waals surface area (Å²) >= 11 is 0. The summed E-state index contributed by atoms with van der Waals surface area (Å²) in [6.07, 6.45) is 1.57. The van der Waals surface area contributed by atoms with E-state index >= 15 is 0 Å². The highest BCUT2D eigenvalue weighted by atomic mass is 16.4. The van der Waals surface area contributed by atoms with Gasteiger partial charge in [0.15, 0.2) is 0 Å². The standard InChI is InChI=1S/C14H13NO3/c1-9-6-10(2)8-11(7-9)15-5-3-4-12(13(15)16)14(17)18/h3-8H,1-2H3,(H,17,18). The van der Waals surface area contributed by atoms with E-state index in [9.17, 15) is 9.59 Å². The predicted octanol–water partition coefficient (Wildman–Crippen LogP) is 2.15. The quantitative estimate of drug-likeness (QED) is 0.879. The molecule has 1 heterocycles. The highest BCUT2D eigenvalue weighted by Crippen LogP contribution is 2.12. The Morgan fingerprint density at radius 3 is 2.33 bits per heavy atom. The molecule has 1 aromatic carbocycles.